The molecule has 1 atom stereocenters. The summed E-state index contributed by atoms with van der Waals surface area (Å²) in [5, 5.41) is 19.7. The number of carbonyl (C=O) groups is 3. The van der Waals surface area contributed by atoms with Crippen LogP contribution in [0.2, 0.25) is 0 Å². The molecule has 2 aromatic rings. The predicted molar refractivity (Wildman–Crippen MR) is 117 cm³/mol. The van der Waals surface area contributed by atoms with Crippen LogP contribution in [0, 0.1) is 6.92 Å². The van der Waals surface area contributed by atoms with E-state index in [9.17, 15) is 33.4 Å². The summed E-state index contributed by atoms with van der Waals surface area (Å²) in [6.07, 6.45) is 2.90. The smallest absolute Gasteiger partial charge is 0.339 e. The Hall–Kier alpha value is -3.62. The molecule has 0 saturated carbocycles. The molecule has 0 bridgehead atoms. The SMILES string of the molecule is CC(=O)C1=CC(=C(c2cc(C)c(O)c(C(=O)O)c2)c2ccccc2S(=O)[O-])C=C(C)C1=O. The fraction of sp³-hybridized carbons (Fsp3) is 0.125. The van der Waals surface area contributed by atoms with Crippen molar-refractivity contribution >= 4 is 34.2 Å². The van der Waals surface area contributed by atoms with Gasteiger partial charge in [0, 0.05) is 4.90 Å². The van der Waals surface area contributed by atoms with Crippen molar-refractivity contribution in [2.24, 2.45) is 0 Å². The van der Waals surface area contributed by atoms with Gasteiger partial charge in [-0.3, -0.25) is 13.8 Å². The number of benzene rings is 2. The van der Waals surface area contributed by atoms with E-state index < -0.39 is 34.4 Å². The van der Waals surface area contributed by atoms with Crippen LogP contribution >= 0.6 is 0 Å². The minimum Gasteiger partial charge on any atom is -0.768 e. The molecule has 7 nitrogen and oxygen atoms in total. The van der Waals surface area contributed by atoms with E-state index in [0.29, 0.717) is 16.7 Å². The molecule has 8 heteroatoms. The van der Waals surface area contributed by atoms with Gasteiger partial charge in [-0.1, -0.05) is 18.2 Å². The van der Waals surface area contributed by atoms with Gasteiger partial charge in [0.25, 0.3) is 0 Å². The summed E-state index contributed by atoms with van der Waals surface area (Å²) in [7, 11) is 0. The topological polar surface area (TPSA) is 132 Å². The highest BCUT2D eigenvalue weighted by molar-refractivity contribution is 7.79. The van der Waals surface area contributed by atoms with Gasteiger partial charge in [-0.15, -0.1) is 0 Å². The summed E-state index contributed by atoms with van der Waals surface area (Å²) >= 11 is -2.62. The number of carbonyl (C=O) groups excluding carboxylic acids is 2. The van der Waals surface area contributed by atoms with Crippen molar-refractivity contribution in [3.8, 4) is 5.75 Å². The summed E-state index contributed by atoms with van der Waals surface area (Å²) < 4.78 is 23.9. The standard InChI is InChI=1S/C24H20O7S/c1-12-8-15(10-18(14(3)25)22(12)26)21(17-6-4-5-7-20(17)32(30)31)16-9-13(2)23(27)19(11-16)24(28)29/h4-11,27H,1-3H3,(H,28,29)(H,30,31)/p-1. The first-order chi connectivity index (χ1) is 15.0. The van der Waals surface area contributed by atoms with Gasteiger partial charge in [0.2, 0.25) is 0 Å². The van der Waals surface area contributed by atoms with Crippen molar-refractivity contribution in [1.82, 2.24) is 0 Å². The molecule has 0 spiro atoms. The van der Waals surface area contributed by atoms with Crippen LogP contribution in [0.1, 0.15) is 40.9 Å². The van der Waals surface area contributed by atoms with E-state index >= 15 is 0 Å². The molecule has 1 aliphatic rings. The van der Waals surface area contributed by atoms with Crippen LogP contribution in [0.3, 0.4) is 0 Å². The van der Waals surface area contributed by atoms with E-state index in [1.54, 1.807) is 18.2 Å². The van der Waals surface area contributed by atoms with E-state index in [1.807, 2.05) is 0 Å². The molecule has 164 valence electrons. The molecule has 0 fully saturated rings. The normalized spacial score (nSPS) is 16.2. The fourth-order valence-corrected chi connectivity index (χ4v) is 4.10. The van der Waals surface area contributed by atoms with Crippen LogP contribution in [-0.2, 0) is 20.7 Å². The molecule has 32 heavy (non-hydrogen) atoms. The lowest BCUT2D eigenvalue weighted by atomic mass is 9.85. The molecule has 0 amide bonds. The number of carboxylic acids is 1. The third kappa shape index (κ3) is 4.23. The first-order valence-corrected chi connectivity index (χ1v) is 10.6. The first kappa shape index (κ1) is 23.1. The Kier molecular flexibility index (Phi) is 6.38. The zero-order chi connectivity index (χ0) is 23.7. The minimum absolute atomic E-state index is 0.0432. The van der Waals surface area contributed by atoms with Crippen LogP contribution in [0.4, 0.5) is 0 Å². The van der Waals surface area contributed by atoms with E-state index in [0.717, 1.165) is 0 Å². The highest BCUT2D eigenvalue weighted by atomic mass is 32.2. The van der Waals surface area contributed by atoms with Gasteiger partial charge in [-0.2, -0.15) is 0 Å². The average molecular weight is 451 g/mol. The molecule has 0 saturated heterocycles. The number of Topliss-reactive ketones (excluding diaryl/α,β-unsaturated/α-hetero) is 2. The van der Waals surface area contributed by atoms with E-state index in [-0.39, 0.29) is 32.7 Å². The largest absolute Gasteiger partial charge is 0.768 e. The summed E-state index contributed by atoms with van der Waals surface area (Å²) in [5.74, 6) is -2.65. The van der Waals surface area contributed by atoms with Crippen molar-refractivity contribution < 1.29 is 33.4 Å². The molecule has 2 N–H and O–H groups in total. The second-order valence-electron chi connectivity index (χ2n) is 7.33. The molecule has 0 aliphatic heterocycles. The van der Waals surface area contributed by atoms with E-state index in [4.69, 9.17) is 0 Å². The van der Waals surface area contributed by atoms with Crippen molar-refractivity contribution in [2.75, 3.05) is 0 Å². The highest BCUT2D eigenvalue weighted by Crippen LogP contribution is 2.37. The Morgan fingerprint density at radius 2 is 1.69 bits per heavy atom. The van der Waals surface area contributed by atoms with Crippen LogP contribution in [0.25, 0.3) is 5.57 Å². The fourth-order valence-electron chi connectivity index (χ4n) is 3.56. The van der Waals surface area contributed by atoms with E-state index in [2.05, 4.69) is 0 Å². The molecular formula is C24H19O7S-. The highest BCUT2D eigenvalue weighted by Gasteiger charge is 2.25. The Labute approximate surface area is 186 Å². The van der Waals surface area contributed by atoms with Crippen molar-refractivity contribution in [1.29, 1.82) is 0 Å². The maximum absolute atomic E-state index is 12.4. The predicted octanol–water partition coefficient (Wildman–Crippen LogP) is 3.48. The quantitative estimate of drug-likeness (QED) is 0.525. The molecule has 1 unspecified atom stereocenters. The zero-order valence-electron chi connectivity index (χ0n) is 17.5. The van der Waals surface area contributed by atoms with E-state index in [1.165, 1.54) is 51.1 Å². The van der Waals surface area contributed by atoms with Crippen LogP contribution < -0.4 is 0 Å². The summed E-state index contributed by atoms with van der Waals surface area (Å²) in [6.45, 7) is 4.32. The van der Waals surface area contributed by atoms with Crippen LogP contribution in [-0.4, -0.2) is 36.5 Å². The lowest BCUT2D eigenvalue weighted by molar-refractivity contribution is -0.118. The zero-order valence-corrected chi connectivity index (χ0v) is 18.3. The number of hydrogen-bond acceptors (Lipinski definition) is 6. The number of phenols is 1. The maximum Gasteiger partial charge on any atom is 0.339 e. The Morgan fingerprint density at radius 3 is 2.28 bits per heavy atom. The second-order valence-corrected chi connectivity index (χ2v) is 8.24. The molecular weight excluding hydrogens is 432 g/mol. The third-order valence-electron chi connectivity index (χ3n) is 5.10. The number of hydrogen-bond donors (Lipinski definition) is 2. The summed E-state index contributed by atoms with van der Waals surface area (Å²) in [6, 6.07) is 8.87. The lowest BCUT2D eigenvalue weighted by Crippen LogP contribution is -2.15. The molecule has 0 aromatic heterocycles. The number of rotatable bonds is 5. The number of aromatic hydroxyl groups is 1. The molecule has 0 radical (unpaired) electrons. The van der Waals surface area contributed by atoms with Gasteiger partial charge in [0.1, 0.15) is 11.3 Å². The number of carboxylic acid groups (broad SMARTS) is 1. The maximum atomic E-state index is 12.4. The number of aryl methyl sites for hydroxylation is 1. The van der Waals surface area contributed by atoms with Gasteiger partial charge in [0.05, 0.1) is 5.57 Å². The number of aromatic carboxylic acids is 1. The van der Waals surface area contributed by atoms with Gasteiger partial charge in [-0.05, 0) is 95.6 Å². The lowest BCUT2D eigenvalue weighted by Gasteiger charge is -2.21. The number of allylic oxidation sites excluding steroid dienone is 5. The summed E-state index contributed by atoms with van der Waals surface area (Å²) in [4.78, 5) is 36.1. The van der Waals surface area contributed by atoms with Crippen molar-refractivity contribution in [2.45, 2.75) is 25.7 Å². The Bertz CT molecular complexity index is 1300. The van der Waals surface area contributed by atoms with Gasteiger partial charge < -0.3 is 14.8 Å². The van der Waals surface area contributed by atoms with Crippen LogP contribution in [0.15, 0.2) is 70.2 Å². The third-order valence-corrected chi connectivity index (χ3v) is 5.81. The summed E-state index contributed by atoms with van der Waals surface area (Å²) in [5.41, 5.74) is 1.36. The Morgan fingerprint density at radius 1 is 1.03 bits per heavy atom. The molecule has 1 aliphatic carbocycles. The minimum atomic E-state index is -2.62. The molecule has 3 rings (SSSR count). The van der Waals surface area contributed by atoms with Crippen LogP contribution in [0.5, 0.6) is 5.75 Å². The van der Waals surface area contributed by atoms with Gasteiger partial charge >= 0.3 is 5.97 Å². The Balaban J connectivity index is 2.50. The second kappa shape index (κ2) is 8.86. The molecule has 0 heterocycles. The monoisotopic (exact) mass is 451 g/mol. The first-order valence-electron chi connectivity index (χ1n) is 9.48. The van der Waals surface area contributed by atoms with Gasteiger partial charge in [0.15, 0.2) is 11.6 Å². The van der Waals surface area contributed by atoms with Crippen molar-refractivity contribution in [3.63, 3.8) is 0 Å². The average Bonchev–Trinajstić information content (AvgIpc) is 2.72. The van der Waals surface area contributed by atoms with Crippen molar-refractivity contribution in [3.05, 3.63) is 87.5 Å². The molecule has 2 aromatic carbocycles. The number of ketones is 2. The van der Waals surface area contributed by atoms with Gasteiger partial charge in [-0.25, -0.2) is 4.79 Å².